The average molecular weight is 308 g/mol. The molecule has 0 aliphatic carbocycles. The predicted molar refractivity (Wildman–Crippen MR) is 90.4 cm³/mol. The number of aliphatic hydroxyl groups is 1. The Morgan fingerprint density at radius 3 is 2.41 bits per heavy atom. The summed E-state index contributed by atoms with van der Waals surface area (Å²) in [6, 6.07) is -0.180. The fraction of sp³-hybridized carbons (Fsp3) is 0.647. The summed E-state index contributed by atoms with van der Waals surface area (Å²) < 4.78 is 11.0. The minimum absolute atomic E-state index is 0.0874. The molecule has 0 amide bonds. The average Bonchev–Trinajstić information content (AvgIpc) is 2.53. The standard InChI is InChI=1S/C17H28N2O3/c1-7-9-10-17(13(8-2)11-20)16(22-6)18-14(12(3)4)15(19-17)21-5/h7-8,12-14,20H,1-2,9-11H2,3-6H3/t13-,14?,17?/m1/s1. The molecular formula is C17H28N2O3. The molecule has 0 aromatic heterocycles. The van der Waals surface area contributed by atoms with Gasteiger partial charge in [0.1, 0.15) is 11.6 Å². The van der Waals surface area contributed by atoms with Crippen molar-refractivity contribution in [2.75, 3.05) is 20.8 Å². The van der Waals surface area contributed by atoms with Crippen LogP contribution >= 0.6 is 0 Å². The highest BCUT2D eigenvalue weighted by Crippen LogP contribution is 2.35. The summed E-state index contributed by atoms with van der Waals surface area (Å²) >= 11 is 0. The van der Waals surface area contributed by atoms with Crippen molar-refractivity contribution < 1.29 is 14.6 Å². The van der Waals surface area contributed by atoms with E-state index >= 15 is 0 Å². The van der Waals surface area contributed by atoms with E-state index in [1.807, 2.05) is 6.08 Å². The first-order valence-electron chi connectivity index (χ1n) is 7.61. The smallest absolute Gasteiger partial charge is 0.213 e. The van der Waals surface area contributed by atoms with Crippen molar-refractivity contribution in [1.29, 1.82) is 0 Å². The normalized spacial score (nSPS) is 26.0. The van der Waals surface area contributed by atoms with Gasteiger partial charge in [-0.05, 0) is 18.8 Å². The van der Waals surface area contributed by atoms with E-state index in [2.05, 4.69) is 27.0 Å². The van der Waals surface area contributed by atoms with Crippen LogP contribution in [0.15, 0.2) is 35.3 Å². The van der Waals surface area contributed by atoms with Crippen molar-refractivity contribution in [1.82, 2.24) is 0 Å². The second-order valence-corrected chi connectivity index (χ2v) is 5.76. The summed E-state index contributed by atoms with van der Waals surface area (Å²) in [5.41, 5.74) is -0.795. The van der Waals surface area contributed by atoms with Crippen LogP contribution in [-0.2, 0) is 9.47 Å². The molecule has 0 saturated heterocycles. The fourth-order valence-corrected chi connectivity index (χ4v) is 2.77. The maximum Gasteiger partial charge on any atom is 0.213 e. The first-order valence-corrected chi connectivity index (χ1v) is 7.61. The molecular weight excluding hydrogens is 280 g/mol. The van der Waals surface area contributed by atoms with Gasteiger partial charge in [-0.2, -0.15) is 0 Å². The Morgan fingerprint density at radius 2 is 2.00 bits per heavy atom. The molecule has 22 heavy (non-hydrogen) atoms. The van der Waals surface area contributed by atoms with E-state index in [4.69, 9.17) is 19.5 Å². The third-order valence-electron chi connectivity index (χ3n) is 4.05. The molecule has 124 valence electrons. The summed E-state index contributed by atoms with van der Waals surface area (Å²) in [5, 5.41) is 9.77. The van der Waals surface area contributed by atoms with Crippen LogP contribution in [0.1, 0.15) is 26.7 Å². The Bertz CT molecular complexity index is 457. The number of hydrogen-bond donors (Lipinski definition) is 1. The highest BCUT2D eigenvalue weighted by molar-refractivity contribution is 5.97. The molecule has 1 aliphatic rings. The number of ether oxygens (including phenoxy) is 2. The summed E-state index contributed by atoms with van der Waals surface area (Å²) in [6.07, 6.45) is 4.87. The molecule has 0 bridgehead atoms. The zero-order chi connectivity index (χ0) is 16.8. The van der Waals surface area contributed by atoms with Crippen LogP contribution in [0, 0.1) is 11.8 Å². The monoisotopic (exact) mass is 308 g/mol. The van der Waals surface area contributed by atoms with Crippen LogP contribution in [-0.4, -0.2) is 49.3 Å². The Kier molecular flexibility index (Phi) is 6.81. The zero-order valence-electron chi connectivity index (χ0n) is 14.1. The lowest BCUT2D eigenvalue weighted by Gasteiger charge is -2.39. The first-order chi connectivity index (χ1) is 10.5. The molecule has 5 heteroatoms. The topological polar surface area (TPSA) is 63.4 Å². The maximum absolute atomic E-state index is 9.77. The third-order valence-corrected chi connectivity index (χ3v) is 4.05. The number of allylic oxidation sites excluding steroid dienone is 1. The van der Waals surface area contributed by atoms with Crippen LogP contribution in [0.5, 0.6) is 0 Å². The van der Waals surface area contributed by atoms with Gasteiger partial charge in [0.05, 0.1) is 20.8 Å². The molecule has 1 rings (SSSR count). The van der Waals surface area contributed by atoms with Crippen molar-refractivity contribution in [3.05, 3.63) is 25.3 Å². The largest absolute Gasteiger partial charge is 0.483 e. The van der Waals surface area contributed by atoms with Crippen LogP contribution in [0.3, 0.4) is 0 Å². The van der Waals surface area contributed by atoms with Crippen molar-refractivity contribution in [2.45, 2.75) is 38.3 Å². The SMILES string of the molecule is C=CCCC1([C@H](C=C)CO)N=C(OC)C(C(C)C)N=C1OC. The number of aliphatic hydroxyl groups excluding tert-OH is 1. The second kappa shape index (κ2) is 8.13. The van der Waals surface area contributed by atoms with E-state index in [0.717, 1.165) is 6.42 Å². The van der Waals surface area contributed by atoms with Crippen LogP contribution in [0.4, 0.5) is 0 Å². The van der Waals surface area contributed by atoms with Gasteiger partial charge >= 0.3 is 0 Å². The lowest BCUT2D eigenvalue weighted by atomic mass is 9.79. The van der Waals surface area contributed by atoms with Gasteiger partial charge in [0.15, 0.2) is 0 Å². The van der Waals surface area contributed by atoms with Crippen LogP contribution in [0.2, 0.25) is 0 Å². The molecule has 0 fully saturated rings. The first kappa shape index (κ1) is 18.4. The molecule has 1 aliphatic heterocycles. The van der Waals surface area contributed by atoms with Crippen molar-refractivity contribution in [2.24, 2.45) is 21.8 Å². The van der Waals surface area contributed by atoms with E-state index < -0.39 is 5.54 Å². The lowest BCUT2D eigenvalue weighted by molar-refractivity contribution is 0.187. The van der Waals surface area contributed by atoms with Gasteiger partial charge in [-0.3, -0.25) is 0 Å². The molecule has 0 saturated carbocycles. The maximum atomic E-state index is 9.77. The number of rotatable bonds is 7. The molecule has 1 heterocycles. The Morgan fingerprint density at radius 1 is 1.32 bits per heavy atom. The Hall–Kier alpha value is -1.62. The summed E-state index contributed by atoms with van der Waals surface area (Å²) in [4.78, 5) is 9.55. The summed E-state index contributed by atoms with van der Waals surface area (Å²) in [5.74, 6) is 1.02. The van der Waals surface area contributed by atoms with Gasteiger partial charge < -0.3 is 14.6 Å². The number of aliphatic imine (C=N–C) groups is 2. The Balaban J connectivity index is 3.43. The predicted octanol–water partition coefficient (Wildman–Crippen LogP) is 2.61. The molecule has 0 aromatic rings. The highest BCUT2D eigenvalue weighted by atomic mass is 16.5. The number of methoxy groups -OCH3 is 2. The van der Waals surface area contributed by atoms with Crippen molar-refractivity contribution >= 4 is 11.8 Å². The molecule has 5 nitrogen and oxygen atoms in total. The fourth-order valence-electron chi connectivity index (χ4n) is 2.77. The minimum Gasteiger partial charge on any atom is -0.483 e. The Labute approximate surface area is 133 Å². The van der Waals surface area contributed by atoms with Crippen molar-refractivity contribution in [3.8, 4) is 0 Å². The van der Waals surface area contributed by atoms with Crippen molar-refractivity contribution in [3.63, 3.8) is 0 Å². The summed E-state index contributed by atoms with van der Waals surface area (Å²) in [7, 11) is 3.19. The van der Waals surface area contributed by atoms with E-state index in [1.54, 1.807) is 20.3 Å². The zero-order valence-corrected chi connectivity index (χ0v) is 14.1. The summed E-state index contributed by atoms with van der Waals surface area (Å²) in [6.45, 7) is 11.6. The highest BCUT2D eigenvalue weighted by Gasteiger charge is 2.47. The van der Waals surface area contributed by atoms with E-state index in [0.29, 0.717) is 18.2 Å². The number of hydrogen-bond acceptors (Lipinski definition) is 5. The lowest BCUT2D eigenvalue weighted by Crippen LogP contribution is -2.51. The van der Waals surface area contributed by atoms with E-state index in [9.17, 15) is 5.11 Å². The third kappa shape index (κ3) is 3.40. The van der Waals surface area contributed by atoms with Gasteiger partial charge in [0.25, 0.3) is 0 Å². The number of nitrogens with zero attached hydrogens (tertiary/aromatic N) is 2. The van der Waals surface area contributed by atoms with E-state index in [1.165, 1.54) is 0 Å². The van der Waals surface area contributed by atoms with Crippen LogP contribution < -0.4 is 0 Å². The molecule has 3 atom stereocenters. The molecule has 1 N–H and O–H groups in total. The molecule has 0 aromatic carbocycles. The van der Waals surface area contributed by atoms with Gasteiger partial charge in [-0.25, -0.2) is 9.98 Å². The molecule has 0 spiro atoms. The van der Waals surface area contributed by atoms with Gasteiger partial charge in [-0.15, -0.1) is 13.2 Å². The second-order valence-electron chi connectivity index (χ2n) is 5.76. The van der Waals surface area contributed by atoms with Gasteiger partial charge in [0.2, 0.25) is 11.8 Å². The molecule has 0 radical (unpaired) electrons. The minimum atomic E-state index is -0.795. The van der Waals surface area contributed by atoms with Crippen LogP contribution in [0.25, 0.3) is 0 Å². The van der Waals surface area contributed by atoms with E-state index in [-0.39, 0.29) is 24.5 Å². The molecule has 2 unspecified atom stereocenters. The van der Waals surface area contributed by atoms with Gasteiger partial charge in [-0.1, -0.05) is 26.0 Å². The van der Waals surface area contributed by atoms with Gasteiger partial charge in [0, 0.05) is 5.92 Å². The quantitative estimate of drug-likeness (QED) is 0.735.